The number of fused-ring (bicyclic) bond motifs is 2. The molecule has 1 aliphatic carbocycles. The standard InChI is InChI=1S/C20H26BNO.C2H6.CH5N/c1-14(23)18-9-5-8-16-11-20-21(13-19(16)18)12-17(22-20)10-15-6-3-2-4-7-15;2*1-2/h5,8-9,12,15,20,22-23H,1-4,6-7,10-11,13H2;1-2H3;2H2,1H3. The number of benzene rings is 1. The largest absolute Gasteiger partial charge is 0.508 e. The van der Waals surface area contributed by atoms with Crippen LogP contribution < -0.4 is 11.1 Å². The van der Waals surface area contributed by atoms with Crippen molar-refractivity contribution in [3.8, 4) is 0 Å². The van der Waals surface area contributed by atoms with Gasteiger partial charge in [-0.1, -0.05) is 76.7 Å². The van der Waals surface area contributed by atoms with Gasteiger partial charge in [0.15, 0.2) is 6.71 Å². The van der Waals surface area contributed by atoms with E-state index >= 15 is 0 Å². The van der Waals surface area contributed by atoms with Gasteiger partial charge in [-0.05, 0) is 49.0 Å². The van der Waals surface area contributed by atoms with E-state index in [9.17, 15) is 5.11 Å². The quantitative estimate of drug-likeness (QED) is 0.528. The molecule has 2 heterocycles. The predicted molar refractivity (Wildman–Crippen MR) is 119 cm³/mol. The first-order chi connectivity index (χ1) is 13.2. The minimum Gasteiger partial charge on any atom is -0.508 e. The van der Waals surface area contributed by atoms with E-state index in [1.165, 1.54) is 62.4 Å². The van der Waals surface area contributed by atoms with E-state index in [1.807, 2.05) is 26.0 Å². The number of hydrogen-bond acceptors (Lipinski definition) is 3. The Morgan fingerprint density at radius 1 is 1.22 bits per heavy atom. The average Bonchev–Trinajstić information content (AvgIpc) is 3.10. The maximum Gasteiger partial charge on any atom is 0.199 e. The van der Waals surface area contributed by atoms with E-state index in [2.05, 4.69) is 29.7 Å². The van der Waals surface area contributed by atoms with Crippen molar-refractivity contribution in [3.63, 3.8) is 0 Å². The average molecular weight is 368 g/mol. The molecule has 1 unspecified atom stereocenters. The normalized spacial score (nSPS) is 20.7. The van der Waals surface area contributed by atoms with Crippen LogP contribution in [0.25, 0.3) is 5.76 Å². The number of nitrogens with one attached hydrogen (secondary N) is 1. The van der Waals surface area contributed by atoms with Gasteiger partial charge in [0.1, 0.15) is 5.76 Å². The monoisotopic (exact) mass is 368 g/mol. The first-order valence-electron chi connectivity index (χ1n) is 10.7. The Labute approximate surface area is 166 Å². The lowest BCUT2D eigenvalue weighted by Crippen LogP contribution is -2.42. The van der Waals surface area contributed by atoms with Crippen LogP contribution in [0, 0.1) is 5.92 Å². The zero-order valence-electron chi connectivity index (χ0n) is 17.4. The van der Waals surface area contributed by atoms with Gasteiger partial charge in [0.2, 0.25) is 0 Å². The minimum absolute atomic E-state index is 0.206. The van der Waals surface area contributed by atoms with E-state index in [1.54, 1.807) is 0 Å². The van der Waals surface area contributed by atoms with Crippen LogP contribution in [-0.4, -0.2) is 24.8 Å². The van der Waals surface area contributed by atoms with Gasteiger partial charge in [-0.2, -0.15) is 0 Å². The molecule has 1 atom stereocenters. The summed E-state index contributed by atoms with van der Waals surface area (Å²) in [7, 11) is 1.50. The molecule has 2 aliphatic heterocycles. The Morgan fingerprint density at radius 2 is 1.93 bits per heavy atom. The third-order valence-corrected chi connectivity index (χ3v) is 6.00. The van der Waals surface area contributed by atoms with Crippen molar-refractivity contribution in [3.05, 3.63) is 53.1 Å². The zero-order valence-corrected chi connectivity index (χ0v) is 17.4. The van der Waals surface area contributed by atoms with Crippen molar-refractivity contribution in [1.29, 1.82) is 0 Å². The van der Waals surface area contributed by atoms with Gasteiger partial charge in [-0.3, -0.25) is 0 Å². The zero-order chi connectivity index (χ0) is 19.8. The van der Waals surface area contributed by atoms with Gasteiger partial charge in [0.05, 0.1) is 0 Å². The second kappa shape index (κ2) is 10.6. The van der Waals surface area contributed by atoms with Crippen molar-refractivity contribution in [2.24, 2.45) is 11.7 Å². The van der Waals surface area contributed by atoms with Gasteiger partial charge in [0, 0.05) is 11.5 Å². The second-order valence-electron chi connectivity index (χ2n) is 7.61. The summed E-state index contributed by atoms with van der Waals surface area (Å²) in [6, 6.07) is 6.25. The fourth-order valence-corrected chi connectivity index (χ4v) is 4.81. The molecule has 0 radical (unpaired) electrons. The molecular formula is C23H37BN2O. The minimum atomic E-state index is 0.206. The van der Waals surface area contributed by atoms with Crippen LogP contribution in [0.5, 0.6) is 0 Å². The molecule has 27 heavy (non-hydrogen) atoms. The second-order valence-corrected chi connectivity index (χ2v) is 7.61. The molecular weight excluding hydrogens is 331 g/mol. The summed E-state index contributed by atoms with van der Waals surface area (Å²) in [5.74, 6) is 4.12. The molecule has 0 amide bonds. The molecule has 0 saturated heterocycles. The van der Waals surface area contributed by atoms with Crippen molar-refractivity contribution in [2.45, 2.75) is 71.1 Å². The first kappa shape index (κ1) is 21.6. The molecule has 1 aromatic carbocycles. The highest BCUT2D eigenvalue weighted by Crippen LogP contribution is 2.33. The van der Waals surface area contributed by atoms with Crippen LogP contribution in [-0.2, 0) is 12.7 Å². The highest BCUT2D eigenvalue weighted by molar-refractivity contribution is 6.67. The maximum atomic E-state index is 9.86. The number of aliphatic hydroxyl groups is 1. The summed E-state index contributed by atoms with van der Waals surface area (Å²) in [5.41, 5.74) is 9.59. The van der Waals surface area contributed by atoms with Crippen LogP contribution in [0.1, 0.15) is 69.1 Å². The molecule has 4 N–H and O–H groups in total. The molecule has 1 fully saturated rings. The molecule has 0 bridgehead atoms. The summed E-state index contributed by atoms with van der Waals surface area (Å²) in [6.45, 7) is 8.31. The van der Waals surface area contributed by atoms with Gasteiger partial charge < -0.3 is 16.2 Å². The lowest BCUT2D eigenvalue weighted by molar-refractivity contribution is 0.351. The van der Waals surface area contributed by atoms with Crippen molar-refractivity contribution in [2.75, 3.05) is 7.05 Å². The smallest absolute Gasteiger partial charge is 0.199 e. The summed E-state index contributed by atoms with van der Waals surface area (Å²) < 4.78 is 0. The van der Waals surface area contributed by atoms with E-state index in [0.717, 1.165) is 24.2 Å². The number of nitrogens with two attached hydrogens (primary N) is 1. The molecule has 3 nitrogen and oxygen atoms in total. The highest BCUT2D eigenvalue weighted by Gasteiger charge is 2.36. The van der Waals surface area contributed by atoms with Crippen LogP contribution in [0.3, 0.4) is 0 Å². The fourth-order valence-electron chi connectivity index (χ4n) is 4.81. The van der Waals surface area contributed by atoms with Gasteiger partial charge in [0.25, 0.3) is 0 Å². The maximum absolute atomic E-state index is 9.86. The van der Waals surface area contributed by atoms with E-state index < -0.39 is 0 Å². The Balaban J connectivity index is 0.000000614. The molecule has 4 rings (SSSR count). The Kier molecular flexibility index (Phi) is 8.49. The lowest BCUT2D eigenvalue weighted by atomic mass is 9.39. The number of rotatable bonds is 3. The van der Waals surface area contributed by atoms with Crippen LogP contribution in [0.4, 0.5) is 0 Å². The molecule has 1 saturated carbocycles. The van der Waals surface area contributed by atoms with Gasteiger partial charge in [-0.15, -0.1) is 0 Å². The molecule has 3 aliphatic rings. The van der Waals surface area contributed by atoms with E-state index in [-0.39, 0.29) is 5.76 Å². The molecule has 148 valence electrons. The summed E-state index contributed by atoms with van der Waals surface area (Å²) in [6.07, 6.45) is 10.4. The molecule has 1 aromatic rings. The van der Waals surface area contributed by atoms with E-state index in [4.69, 9.17) is 0 Å². The van der Waals surface area contributed by atoms with Crippen LogP contribution in [0.15, 0.2) is 36.5 Å². The summed E-state index contributed by atoms with van der Waals surface area (Å²) in [5, 5.41) is 13.7. The first-order valence-corrected chi connectivity index (χ1v) is 10.7. The molecule has 0 spiro atoms. The number of hydrogen-bond donors (Lipinski definition) is 3. The SMILES string of the molecule is C=C(O)c1cccc2c1CB1C=C(CC3CCCCC3)NC1C2.CC.CN. The topological polar surface area (TPSA) is 58.3 Å². The number of allylic oxidation sites excluding steroid dienone is 1. The Bertz CT molecular complexity index is 650. The van der Waals surface area contributed by atoms with Crippen molar-refractivity contribution >= 4 is 12.5 Å². The van der Waals surface area contributed by atoms with Crippen molar-refractivity contribution in [1.82, 2.24) is 5.32 Å². The van der Waals surface area contributed by atoms with Gasteiger partial charge in [-0.25, -0.2) is 0 Å². The predicted octanol–water partition coefficient (Wildman–Crippen LogP) is 4.85. The molecule has 4 heteroatoms. The molecule has 0 aromatic heterocycles. The highest BCUT2D eigenvalue weighted by atomic mass is 16.3. The number of aliphatic hydroxyl groups excluding tert-OH is 1. The fraction of sp³-hybridized carbons (Fsp3) is 0.565. The van der Waals surface area contributed by atoms with Gasteiger partial charge >= 0.3 is 0 Å². The summed E-state index contributed by atoms with van der Waals surface area (Å²) >= 11 is 0. The Morgan fingerprint density at radius 3 is 2.59 bits per heavy atom. The Hall–Kier alpha value is -1.68. The van der Waals surface area contributed by atoms with Crippen LogP contribution >= 0.6 is 0 Å². The lowest BCUT2D eigenvalue weighted by Gasteiger charge is -2.28. The summed E-state index contributed by atoms with van der Waals surface area (Å²) in [4.78, 5) is 0. The third-order valence-electron chi connectivity index (χ3n) is 6.00. The third kappa shape index (κ3) is 5.19. The van der Waals surface area contributed by atoms with Crippen molar-refractivity contribution < 1.29 is 5.11 Å². The van der Waals surface area contributed by atoms with Crippen LogP contribution in [0.2, 0.25) is 0 Å². The van der Waals surface area contributed by atoms with E-state index in [0.29, 0.717) is 12.7 Å².